The molecule has 3 heterocycles. The van der Waals surface area contributed by atoms with E-state index in [1.54, 1.807) is 48.5 Å². The molecule has 0 aliphatic carbocycles. The van der Waals surface area contributed by atoms with Gasteiger partial charge in [0.1, 0.15) is 5.82 Å². The third kappa shape index (κ3) is 3.78. The van der Waals surface area contributed by atoms with Crippen LogP contribution in [0.2, 0.25) is 5.02 Å². The molecule has 160 valence electrons. The molecule has 0 spiro atoms. The molecule has 0 atom stereocenters. The van der Waals surface area contributed by atoms with Gasteiger partial charge in [-0.05, 0) is 55.3 Å². The molecule has 32 heavy (non-hydrogen) atoms. The lowest BCUT2D eigenvalue weighted by molar-refractivity contribution is 0.0707. The number of piperidine rings is 1. The first kappa shape index (κ1) is 20.4. The van der Waals surface area contributed by atoms with Crippen LogP contribution in [0.1, 0.15) is 50.9 Å². The molecular formula is C25H21ClN4O2. The Kier molecular flexibility index (Phi) is 5.45. The van der Waals surface area contributed by atoms with Gasteiger partial charge in [0, 0.05) is 41.4 Å². The molecule has 1 aliphatic rings. The number of fused-ring (bicyclic) bond motifs is 1. The van der Waals surface area contributed by atoms with E-state index in [2.05, 4.69) is 10.2 Å². The average Bonchev–Trinajstić information content (AvgIpc) is 3.28. The highest BCUT2D eigenvalue weighted by Gasteiger charge is 2.29. The standard InChI is InChI=1S/C25H21ClN4O2/c26-19-10-8-17(9-11-19)23(31)20-5-1-2-6-21(20)25(32)29-15-12-18(13-16-29)24-28-27-22-7-3-4-14-30(22)24/h1-11,14,18H,12-13,15-16H2. The van der Waals surface area contributed by atoms with Crippen LogP contribution in [0.25, 0.3) is 5.65 Å². The molecule has 0 N–H and O–H groups in total. The second-order valence-electron chi connectivity index (χ2n) is 7.94. The maximum atomic E-state index is 13.3. The zero-order valence-corrected chi connectivity index (χ0v) is 18.1. The van der Waals surface area contributed by atoms with Crippen LogP contribution in [0, 0.1) is 0 Å². The van der Waals surface area contributed by atoms with Crippen LogP contribution in [0.15, 0.2) is 72.9 Å². The summed E-state index contributed by atoms with van der Waals surface area (Å²) in [6.45, 7) is 1.21. The number of carbonyl (C=O) groups excluding carboxylic acids is 2. The molecule has 1 fully saturated rings. The van der Waals surface area contributed by atoms with E-state index in [9.17, 15) is 9.59 Å². The Morgan fingerprint density at radius 1 is 0.844 bits per heavy atom. The van der Waals surface area contributed by atoms with Crippen molar-refractivity contribution in [2.45, 2.75) is 18.8 Å². The SMILES string of the molecule is O=C(c1ccc(Cl)cc1)c1ccccc1C(=O)N1CCC(c2nnc3ccccn23)CC1. The molecule has 4 aromatic rings. The summed E-state index contributed by atoms with van der Waals surface area (Å²) in [4.78, 5) is 28.2. The van der Waals surface area contributed by atoms with E-state index in [4.69, 9.17) is 11.6 Å². The van der Waals surface area contributed by atoms with Crippen molar-refractivity contribution in [1.29, 1.82) is 0 Å². The summed E-state index contributed by atoms with van der Waals surface area (Å²) in [7, 11) is 0. The summed E-state index contributed by atoms with van der Waals surface area (Å²) in [6, 6.07) is 19.6. The summed E-state index contributed by atoms with van der Waals surface area (Å²) >= 11 is 5.94. The predicted molar refractivity (Wildman–Crippen MR) is 122 cm³/mol. The largest absolute Gasteiger partial charge is 0.339 e. The summed E-state index contributed by atoms with van der Waals surface area (Å²) in [5.74, 6) is 0.872. The van der Waals surface area contributed by atoms with Gasteiger partial charge in [0.2, 0.25) is 0 Å². The molecule has 6 nitrogen and oxygen atoms in total. The van der Waals surface area contributed by atoms with E-state index in [0.717, 1.165) is 24.3 Å². The molecule has 0 unspecified atom stereocenters. The van der Waals surface area contributed by atoms with Gasteiger partial charge in [0.15, 0.2) is 11.4 Å². The van der Waals surface area contributed by atoms with E-state index in [-0.39, 0.29) is 17.6 Å². The van der Waals surface area contributed by atoms with Gasteiger partial charge in [-0.15, -0.1) is 10.2 Å². The van der Waals surface area contributed by atoms with Gasteiger partial charge in [-0.3, -0.25) is 14.0 Å². The molecule has 7 heteroatoms. The first-order valence-corrected chi connectivity index (χ1v) is 11.0. The van der Waals surface area contributed by atoms with Crippen LogP contribution >= 0.6 is 11.6 Å². The molecule has 0 bridgehead atoms. The van der Waals surface area contributed by atoms with Crippen LogP contribution in [0.3, 0.4) is 0 Å². The molecular weight excluding hydrogens is 424 g/mol. The lowest BCUT2D eigenvalue weighted by Gasteiger charge is -2.31. The van der Waals surface area contributed by atoms with Crippen molar-refractivity contribution in [1.82, 2.24) is 19.5 Å². The van der Waals surface area contributed by atoms with Gasteiger partial charge in [0.05, 0.1) is 5.56 Å². The number of nitrogens with zero attached hydrogens (tertiary/aromatic N) is 4. The Labute approximate surface area is 190 Å². The van der Waals surface area contributed by atoms with Crippen LogP contribution in [0.5, 0.6) is 0 Å². The lowest BCUT2D eigenvalue weighted by Crippen LogP contribution is -2.38. The van der Waals surface area contributed by atoms with E-state index >= 15 is 0 Å². The fourth-order valence-electron chi connectivity index (χ4n) is 4.27. The lowest BCUT2D eigenvalue weighted by atomic mass is 9.94. The van der Waals surface area contributed by atoms with E-state index in [1.165, 1.54) is 0 Å². The molecule has 1 amide bonds. The van der Waals surface area contributed by atoms with Crippen molar-refractivity contribution in [3.63, 3.8) is 0 Å². The summed E-state index contributed by atoms with van der Waals surface area (Å²) in [5.41, 5.74) is 2.17. The zero-order valence-electron chi connectivity index (χ0n) is 17.3. The summed E-state index contributed by atoms with van der Waals surface area (Å²) < 4.78 is 2.02. The molecule has 2 aromatic carbocycles. The molecule has 1 saturated heterocycles. The predicted octanol–water partition coefficient (Wildman–Crippen LogP) is 4.63. The highest BCUT2D eigenvalue weighted by molar-refractivity contribution is 6.30. The van der Waals surface area contributed by atoms with Gasteiger partial charge < -0.3 is 4.90 Å². The van der Waals surface area contributed by atoms with Gasteiger partial charge in [-0.2, -0.15) is 0 Å². The van der Waals surface area contributed by atoms with Gasteiger partial charge >= 0.3 is 0 Å². The minimum Gasteiger partial charge on any atom is -0.339 e. The van der Waals surface area contributed by atoms with Crippen molar-refractivity contribution in [3.8, 4) is 0 Å². The topological polar surface area (TPSA) is 67.6 Å². The Morgan fingerprint density at radius 3 is 2.28 bits per heavy atom. The zero-order chi connectivity index (χ0) is 22.1. The van der Waals surface area contributed by atoms with Crippen molar-refractivity contribution in [3.05, 3.63) is 100 Å². The summed E-state index contributed by atoms with van der Waals surface area (Å²) in [5, 5.41) is 9.19. The number of halogens is 1. The van der Waals surface area contributed by atoms with Gasteiger partial charge in [0.25, 0.3) is 5.91 Å². The van der Waals surface area contributed by atoms with Crippen LogP contribution in [-0.2, 0) is 0 Å². The van der Waals surface area contributed by atoms with Crippen LogP contribution in [-0.4, -0.2) is 44.3 Å². The minimum atomic E-state index is -0.185. The van der Waals surface area contributed by atoms with Crippen molar-refractivity contribution in [2.75, 3.05) is 13.1 Å². The molecule has 0 saturated carbocycles. The van der Waals surface area contributed by atoms with E-state index in [0.29, 0.717) is 34.8 Å². The summed E-state index contributed by atoms with van der Waals surface area (Å²) in [6.07, 6.45) is 3.57. The molecule has 1 aliphatic heterocycles. The van der Waals surface area contributed by atoms with Gasteiger partial charge in [-0.25, -0.2) is 0 Å². The average molecular weight is 445 g/mol. The molecule has 0 radical (unpaired) electrons. The second-order valence-corrected chi connectivity index (χ2v) is 8.37. The molecule has 2 aromatic heterocycles. The van der Waals surface area contributed by atoms with Crippen LogP contribution in [0.4, 0.5) is 0 Å². The smallest absolute Gasteiger partial charge is 0.254 e. The number of rotatable bonds is 4. The quantitative estimate of drug-likeness (QED) is 0.430. The monoisotopic (exact) mass is 444 g/mol. The normalized spacial score (nSPS) is 14.6. The second kappa shape index (κ2) is 8.55. The number of aromatic nitrogens is 3. The van der Waals surface area contributed by atoms with E-state index in [1.807, 2.05) is 33.7 Å². The number of benzene rings is 2. The molecule has 5 rings (SSSR count). The Bertz CT molecular complexity index is 1290. The first-order chi connectivity index (χ1) is 15.6. The first-order valence-electron chi connectivity index (χ1n) is 10.6. The number of hydrogen-bond acceptors (Lipinski definition) is 4. The number of likely N-dealkylation sites (tertiary alicyclic amines) is 1. The van der Waals surface area contributed by atoms with Gasteiger partial charge in [-0.1, -0.05) is 35.9 Å². The van der Waals surface area contributed by atoms with Crippen molar-refractivity contribution >= 4 is 28.9 Å². The Hall–Kier alpha value is -3.51. The number of ketones is 1. The van der Waals surface area contributed by atoms with Crippen molar-refractivity contribution < 1.29 is 9.59 Å². The fraction of sp³-hybridized carbons (Fsp3) is 0.200. The maximum absolute atomic E-state index is 13.3. The fourth-order valence-corrected chi connectivity index (χ4v) is 4.40. The van der Waals surface area contributed by atoms with Crippen LogP contribution < -0.4 is 0 Å². The number of amides is 1. The highest BCUT2D eigenvalue weighted by Crippen LogP contribution is 2.28. The van der Waals surface area contributed by atoms with Crippen molar-refractivity contribution in [2.24, 2.45) is 0 Å². The Balaban J connectivity index is 1.34. The third-order valence-corrected chi connectivity index (χ3v) is 6.25. The maximum Gasteiger partial charge on any atom is 0.254 e. The number of hydrogen-bond donors (Lipinski definition) is 0. The minimum absolute atomic E-state index is 0.118. The third-order valence-electron chi connectivity index (χ3n) is 6.00. The number of pyridine rings is 1. The highest BCUT2D eigenvalue weighted by atomic mass is 35.5. The number of carbonyl (C=O) groups is 2. The Morgan fingerprint density at radius 2 is 1.53 bits per heavy atom. The van der Waals surface area contributed by atoms with E-state index < -0.39 is 0 Å².